The highest BCUT2D eigenvalue weighted by molar-refractivity contribution is 5.24. The Balaban J connectivity index is 2.75. The standard InChI is InChI=1S/C10H17NO/c1-7(2)4-10-5-9(6-12)8(3)11-10/h5,7,11-12H,4,6H2,1-3H3. The number of aliphatic hydroxyl groups is 1. The first-order valence-electron chi connectivity index (χ1n) is 4.41. The van der Waals surface area contributed by atoms with Crippen LogP contribution in [0.3, 0.4) is 0 Å². The molecule has 0 aliphatic heterocycles. The van der Waals surface area contributed by atoms with Gasteiger partial charge in [-0.3, -0.25) is 0 Å². The van der Waals surface area contributed by atoms with Crippen LogP contribution in [0.25, 0.3) is 0 Å². The summed E-state index contributed by atoms with van der Waals surface area (Å²) in [5.41, 5.74) is 3.34. The van der Waals surface area contributed by atoms with Crippen molar-refractivity contribution in [2.45, 2.75) is 33.8 Å². The number of aromatic nitrogens is 1. The normalized spacial score (nSPS) is 11.1. The van der Waals surface area contributed by atoms with Crippen LogP contribution in [-0.2, 0) is 13.0 Å². The number of hydrogen-bond donors (Lipinski definition) is 2. The van der Waals surface area contributed by atoms with Crippen molar-refractivity contribution in [1.29, 1.82) is 0 Å². The zero-order valence-corrected chi connectivity index (χ0v) is 8.02. The van der Waals surface area contributed by atoms with Crippen molar-refractivity contribution in [3.8, 4) is 0 Å². The Morgan fingerprint density at radius 1 is 1.50 bits per heavy atom. The molecule has 0 aromatic carbocycles. The van der Waals surface area contributed by atoms with E-state index in [4.69, 9.17) is 5.11 Å². The lowest BCUT2D eigenvalue weighted by molar-refractivity contribution is 0.281. The number of hydrogen-bond acceptors (Lipinski definition) is 1. The summed E-state index contributed by atoms with van der Waals surface area (Å²) in [5.74, 6) is 0.662. The second kappa shape index (κ2) is 3.76. The summed E-state index contributed by atoms with van der Waals surface area (Å²) < 4.78 is 0. The molecular formula is C10H17NO. The molecule has 0 bridgehead atoms. The highest BCUT2D eigenvalue weighted by Gasteiger charge is 2.04. The van der Waals surface area contributed by atoms with Crippen LogP contribution < -0.4 is 0 Å². The van der Waals surface area contributed by atoms with E-state index in [2.05, 4.69) is 24.9 Å². The van der Waals surface area contributed by atoms with Gasteiger partial charge in [-0.1, -0.05) is 13.8 Å². The fourth-order valence-corrected chi connectivity index (χ4v) is 1.39. The van der Waals surface area contributed by atoms with Crippen molar-refractivity contribution in [2.75, 3.05) is 0 Å². The van der Waals surface area contributed by atoms with Crippen molar-refractivity contribution in [3.63, 3.8) is 0 Å². The number of H-pyrrole nitrogens is 1. The minimum atomic E-state index is 0.139. The third kappa shape index (κ3) is 2.11. The Morgan fingerprint density at radius 2 is 2.17 bits per heavy atom. The Morgan fingerprint density at radius 3 is 2.58 bits per heavy atom. The molecule has 0 spiro atoms. The maximum absolute atomic E-state index is 8.95. The molecule has 1 heterocycles. The molecule has 0 aliphatic rings. The van der Waals surface area contributed by atoms with Crippen LogP contribution in [0.15, 0.2) is 6.07 Å². The SMILES string of the molecule is Cc1[nH]c(CC(C)C)cc1CO. The molecule has 68 valence electrons. The van der Waals surface area contributed by atoms with Gasteiger partial charge in [-0.15, -0.1) is 0 Å². The van der Waals surface area contributed by atoms with Crippen LogP contribution in [-0.4, -0.2) is 10.1 Å². The van der Waals surface area contributed by atoms with Crippen LogP contribution in [0.1, 0.15) is 30.8 Å². The maximum atomic E-state index is 8.95. The van der Waals surface area contributed by atoms with Gasteiger partial charge in [-0.05, 0) is 30.9 Å². The van der Waals surface area contributed by atoms with Crippen molar-refractivity contribution in [2.24, 2.45) is 5.92 Å². The predicted octanol–water partition coefficient (Wildman–Crippen LogP) is 2.01. The van der Waals surface area contributed by atoms with Crippen molar-refractivity contribution >= 4 is 0 Å². The summed E-state index contributed by atoms with van der Waals surface area (Å²) >= 11 is 0. The fourth-order valence-electron chi connectivity index (χ4n) is 1.39. The van der Waals surface area contributed by atoms with Gasteiger partial charge in [0.05, 0.1) is 6.61 Å². The molecule has 0 fully saturated rings. The number of rotatable bonds is 3. The van der Waals surface area contributed by atoms with Gasteiger partial charge in [0.1, 0.15) is 0 Å². The highest BCUT2D eigenvalue weighted by atomic mass is 16.3. The van der Waals surface area contributed by atoms with E-state index in [9.17, 15) is 0 Å². The van der Waals surface area contributed by atoms with E-state index in [0.29, 0.717) is 5.92 Å². The Bertz CT molecular complexity index is 250. The average molecular weight is 167 g/mol. The van der Waals surface area contributed by atoms with Crippen LogP contribution in [0, 0.1) is 12.8 Å². The van der Waals surface area contributed by atoms with Crippen molar-refractivity contribution in [1.82, 2.24) is 4.98 Å². The quantitative estimate of drug-likeness (QED) is 0.709. The van der Waals surface area contributed by atoms with E-state index in [-0.39, 0.29) is 6.61 Å². The van der Waals surface area contributed by atoms with Crippen LogP contribution >= 0.6 is 0 Å². The van der Waals surface area contributed by atoms with Gasteiger partial charge < -0.3 is 10.1 Å². The summed E-state index contributed by atoms with van der Waals surface area (Å²) in [6.45, 7) is 6.51. The molecule has 0 radical (unpaired) electrons. The molecule has 2 nitrogen and oxygen atoms in total. The molecule has 1 aromatic heterocycles. The summed E-state index contributed by atoms with van der Waals surface area (Å²) in [7, 11) is 0. The lowest BCUT2D eigenvalue weighted by Gasteiger charge is -2.00. The van der Waals surface area contributed by atoms with Gasteiger partial charge in [-0.25, -0.2) is 0 Å². The molecule has 0 amide bonds. The molecule has 0 saturated heterocycles. The average Bonchev–Trinajstić information content (AvgIpc) is 2.29. The van der Waals surface area contributed by atoms with E-state index in [1.807, 2.05) is 6.92 Å². The Hall–Kier alpha value is -0.760. The third-order valence-corrected chi connectivity index (χ3v) is 1.98. The molecular weight excluding hydrogens is 150 g/mol. The summed E-state index contributed by atoms with van der Waals surface area (Å²) in [6, 6.07) is 2.05. The summed E-state index contributed by atoms with van der Waals surface area (Å²) in [5, 5.41) is 8.95. The van der Waals surface area contributed by atoms with Crippen molar-refractivity contribution < 1.29 is 5.11 Å². The van der Waals surface area contributed by atoms with Gasteiger partial charge in [0, 0.05) is 11.4 Å². The van der Waals surface area contributed by atoms with E-state index in [1.54, 1.807) is 0 Å². The number of aromatic amines is 1. The molecule has 2 heteroatoms. The summed E-state index contributed by atoms with van der Waals surface area (Å²) in [6.07, 6.45) is 1.06. The third-order valence-electron chi connectivity index (χ3n) is 1.98. The van der Waals surface area contributed by atoms with Crippen LogP contribution in [0.2, 0.25) is 0 Å². The van der Waals surface area contributed by atoms with Gasteiger partial charge in [0.15, 0.2) is 0 Å². The number of aliphatic hydroxyl groups excluding tert-OH is 1. The molecule has 0 unspecified atom stereocenters. The zero-order valence-electron chi connectivity index (χ0n) is 8.02. The monoisotopic (exact) mass is 167 g/mol. The Labute approximate surface area is 73.6 Å². The predicted molar refractivity (Wildman–Crippen MR) is 50.0 cm³/mol. The molecule has 1 rings (SSSR count). The van der Waals surface area contributed by atoms with E-state index >= 15 is 0 Å². The van der Waals surface area contributed by atoms with Gasteiger partial charge in [0.2, 0.25) is 0 Å². The first-order valence-corrected chi connectivity index (χ1v) is 4.41. The maximum Gasteiger partial charge on any atom is 0.0699 e. The molecule has 12 heavy (non-hydrogen) atoms. The second-order valence-electron chi connectivity index (χ2n) is 3.70. The second-order valence-corrected chi connectivity index (χ2v) is 3.70. The molecule has 0 atom stereocenters. The van der Waals surface area contributed by atoms with Crippen LogP contribution in [0.4, 0.5) is 0 Å². The molecule has 2 N–H and O–H groups in total. The lowest BCUT2D eigenvalue weighted by atomic mass is 10.1. The smallest absolute Gasteiger partial charge is 0.0699 e. The lowest BCUT2D eigenvalue weighted by Crippen LogP contribution is -1.93. The largest absolute Gasteiger partial charge is 0.392 e. The first-order chi connectivity index (χ1) is 5.63. The van der Waals surface area contributed by atoms with Gasteiger partial charge in [-0.2, -0.15) is 0 Å². The molecule has 0 aliphatic carbocycles. The van der Waals surface area contributed by atoms with Crippen LogP contribution in [0.5, 0.6) is 0 Å². The minimum Gasteiger partial charge on any atom is -0.392 e. The number of nitrogens with one attached hydrogen (secondary N) is 1. The summed E-state index contributed by atoms with van der Waals surface area (Å²) in [4.78, 5) is 3.27. The van der Waals surface area contributed by atoms with E-state index in [0.717, 1.165) is 17.7 Å². The van der Waals surface area contributed by atoms with E-state index < -0.39 is 0 Å². The molecule has 0 saturated carbocycles. The van der Waals surface area contributed by atoms with E-state index in [1.165, 1.54) is 5.69 Å². The van der Waals surface area contributed by atoms with Gasteiger partial charge in [0.25, 0.3) is 0 Å². The fraction of sp³-hybridized carbons (Fsp3) is 0.600. The minimum absolute atomic E-state index is 0.139. The zero-order chi connectivity index (χ0) is 9.14. The van der Waals surface area contributed by atoms with Crippen molar-refractivity contribution in [3.05, 3.63) is 23.0 Å². The van der Waals surface area contributed by atoms with Gasteiger partial charge >= 0.3 is 0 Å². The first kappa shape index (κ1) is 9.33. The highest BCUT2D eigenvalue weighted by Crippen LogP contribution is 2.13. The topological polar surface area (TPSA) is 36.0 Å². The Kier molecular flexibility index (Phi) is 2.93. The number of aryl methyl sites for hydroxylation is 1. The molecule has 1 aromatic rings.